The van der Waals surface area contributed by atoms with Crippen LogP contribution in [0.1, 0.15) is 30.0 Å². The van der Waals surface area contributed by atoms with Gasteiger partial charge in [-0.25, -0.2) is 0 Å². The molecule has 2 rings (SSSR count). The maximum absolute atomic E-state index is 10.8. The highest BCUT2D eigenvalue weighted by Gasteiger charge is 2.32. The van der Waals surface area contributed by atoms with Crippen LogP contribution in [0.25, 0.3) is 0 Å². The van der Waals surface area contributed by atoms with Crippen LogP contribution in [0.2, 0.25) is 0 Å². The van der Waals surface area contributed by atoms with Gasteiger partial charge in [0.1, 0.15) is 6.10 Å². The van der Waals surface area contributed by atoms with Crippen LogP contribution in [-0.4, -0.2) is 23.7 Å². The largest absolute Gasteiger partial charge is 0.382 e. The summed E-state index contributed by atoms with van der Waals surface area (Å²) < 4.78 is 0. The van der Waals surface area contributed by atoms with Crippen LogP contribution in [0.5, 0.6) is 0 Å². The first-order chi connectivity index (χ1) is 8.58. The van der Waals surface area contributed by atoms with Crippen LogP contribution in [0.4, 0.5) is 0 Å². The topological polar surface area (TPSA) is 75.3 Å². The lowest BCUT2D eigenvalue weighted by molar-refractivity contribution is -0.125. The van der Waals surface area contributed by atoms with Crippen LogP contribution < -0.4 is 11.1 Å². The summed E-state index contributed by atoms with van der Waals surface area (Å²) in [7, 11) is 0. The lowest BCUT2D eigenvalue weighted by atomic mass is 10.0. The van der Waals surface area contributed by atoms with E-state index in [1.165, 1.54) is 24.0 Å². The molecule has 1 amide bonds. The number of rotatable bonds is 6. The molecule has 1 aliphatic rings. The number of benzene rings is 1. The highest BCUT2D eigenvalue weighted by Crippen LogP contribution is 2.40. The van der Waals surface area contributed by atoms with E-state index in [4.69, 9.17) is 5.73 Å². The van der Waals surface area contributed by atoms with E-state index in [2.05, 4.69) is 36.5 Å². The minimum absolute atomic E-state index is 0.208. The smallest absolute Gasteiger partial charge is 0.247 e. The van der Waals surface area contributed by atoms with Crippen LogP contribution in [-0.2, 0) is 4.79 Å². The molecule has 2 atom stereocenters. The average Bonchev–Trinajstić information content (AvgIpc) is 3.15. The zero-order chi connectivity index (χ0) is 13.1. The third-order valence-electron chi connectivity index (χ3n) is 3.39. The standard InChI is InChI=1S/C14H20N2O2/c1-9-2-4-10(5-3-9)13(11-6-7-11)16-8-12(17)14(15)18/h2-5,11-13,16-17H,6-8H2,1H3,(H2,15,18). The lowest BCUT2D eigenvalue weighted by Gasteiger charge is -2.20. The van der Waals surface area contributed by atoms with Gasteiger partial charge in [-0.15, -0.1) is 0 Å². The normalized spacial score (nSPS) is 18.3. The van der Waals surface area contributed by atoms with Crippen molar-refractivity contribution in [1.29, 1.82) is 0 Å². The number of amides is 1. The number of hydrogen-bond donors (Lipinski definition) is 3. The van der Waals surface area contributed by atoms with E-state index in [9.17, 15) is 9.90 Å². The second-order valence-corrected chi connectivity index (χ2v) is 5.05. The fraction of sp³-hybridized carbons (Fsp3) is 0.500. The van der Waals surface area contributed by atoms with Gasteiger partial charge in [0, 0.05) is 12.6 Å². The molecule has 1 aliphatic carbocycles. The van der Waals surface area contributed by atoms with E-state index in [0.29, 0.717) is 5.92 Å². The zero-order valence-corrected chi connectivity index (χ0v) is 10.6. The van der Waals surface area contributed by atoms with Crippen LogP contribution in [0.15, 0.2) is 24.3 Å². The minimum Gasteiger partial charge on any atom is -0.382 e. The Morgan fingerprint density at radius 2 is 2.06 bits per heavy atom. The molecule has 98 valence electrons. The molecule has 2 unspecified atom stereocenters. The predicted molar refractivity (Wildman–Crippen MR) is 69.8 cm³/mol. The quantitative estimate of drug-likeness (QED) is 0.699. The van der Waals surface area contributed by atoms with Crippen molar-refractivity contribution in [2.24, 2.45) is 11.7 Å². The lowest BCUT2D eigenvalue weighted by Crippen LogP contribution is -2.39. The minimum atomic E-state index is -1.11. The first kappa shape index (κ1) is 13.1. The number of aryl methyl sites for hydroxylation is 1. The number of carbonyl (C=O) groups is 1. The average molecular weight is 248 g/mol. The first-order valence-electron chi connectivity index (χ1n) is 6.35. The van der Waals surface area contributed by atoms with Gasteiger partial charge >= 0.3 is 0 Å². The molecular weight excluding hydrogens is 228 g/mol. The molecule has 0 saturated heterocycles. The van der Waals surface area contributed by atoms with Crippen molar-refractivity contribution in [1.82, 2.24) is 5.32 Å². The molecule has 0 bridgehead atoms. The summed E-state index contributed by atoms with van der Waals surface area (Å²) in [5, 5.41) is 12.7. The number of carbonyl (C=O) groups excluding carboxylic acids is 1. The molecule has 4 nitrogen and oxygen atoms in total. The first-order valence-corrected chi connectivity index (χ1v) is 6.35. The molecule has 0 heterocycles. The van der Waals surface area contributed by atoms with Crippen LogP contribution >= 0.6 is 0 Å². The van der Waals surface area contributed by atoms with Crippen molar-refractivity contribution in [3.63, 3.8) is 0 Å². The van der Waals surface area contributed by atoms with Crippen molar-refractivity contribution in [3.8, 4) is 0 Å². The van der Waals surface area contributed by atoms with E-state index in [0.717, 1.165) is 0 Å². The van der Waals surface area contributed by atoms with Gasteiger partial charge in [-0.2, -0.15) is 0 Å². The van der Waals surface area contributed by atoms with Gasteiger partial charge in [0.25, 0.3) is 0 Å². The summed E-state index contributed by atoms with van der Waals surface area (Å²) in [6, 6.07) is 8.57. The Bertz CT molecular complexity index is 412. The molecule has 0 aromatic heterocycles. The Kier molecular flexibility index (Phi) is 3.99. The van der Waals surface area contributed by atoms with Crippen LogP contribution in [0, 0.1) is 12.8 Å². The third-order valence-corrected chi connectivity index (χ3v) is 3.39. The van der Waals surface area contributed by atoms with Gasteiger partial charge in [-0.05, 0) is 31.2 Å². The Hall–Kier alpha value is -1.39. The second kappa shape index (κ2) is 5.50. The van der Waals surface area contributed by atoms with Gasteiger partial charge in [-0.3, -0.25) is 4.79 Å². The predicted octanol–water partition coefficient (Wildman–Crippen LogP) is 0.882. The van der Waals surface area contributed by atoms with Gasteiger partial charge in [0.2, 0.25) is 5.91 Å². The molecule has 1 saturated carbocycles. The third kappa shape index (κ3) is 3.31. The van der Waals surface area contributed by atoms with Crippen molar-refractivity contribution in [2.45, 2.75) is 31.9 Å². The van der Waals surface area contributed by atoms with E-state index >= 15 is 0 Å². The Balaban J connectivity index is 2.00. The second-order valence-electron chi connectivity index (χ2n) is 5.05. The molecule has 0 radical (unpaired) electrons. The number of aliphatic hydroxyl groups is 1. The zero-order valence-electron chi connectivity index (χ0n) is 10.6. The molecule has 4 N–H and O–H groups in total. The molecule has 4 heteroatoms. The summed E-state index contributed by atoms with van der Waals surface area (Å²) >= 11 is 0. The Labute approximate surface area is 107 Å². The highest BCUT2D eigenvalue weighted by molar-refractivity contribution is 5.78. The Morgan fingerprint density at radius 1 is 1.44 bits per heavy atom. The van der Waals surface area contributed by atoms with E-state index in [1.54, 1.807) is 0 Å². The Morgan fingerprint density at radius 3 is 2.56 bits per heavy atom. The summed E-state index contributed by atoms with van der Waals surface area (Å²) in [6.07, 6.45) is 1.27. The van der Waals surface area contributed by atoms with Crippen molar-refractivity contribution >= 4 is 5.91 Å². The monoisotopic (exact) mass is 248 g/mol. The van der Waals surface area contributed by atoms with Crippen molar-refractivity contribution in [2.75, 3.05) is 6.54 Å². The van der Waals surface area contributed by atoms with E-state index < -0.39 is 12.0 Å². The molecule has 1 aromatic rings. The number of aliphatic hydroxyl groups excluding tert-OH is 1. The number of hydrogen-bond acceptors (Lipinski definition) is 3. The maximum atomic E-state index is 10.8. The highest BCUT2D eigenvalue weighted by atomic mass is 16.3. The summed E-state index contributed by atoms with van der Waals surface area (Å²) in [4.78, 5) is 10.8. The molecular formula is C14H20N2O2. The molecule has 18 heavy (non-hydrogen) atoms. The number of nitrogens with two attached hydrogens (primary N) is 1. The van der Waals surface area contributed by atoms with E-state index in [-0.39, 0.29) is 12.6 Å². The molecule has 0 spiro atoms. The SMILES string of the molecule is Cc1ccc(C(NCC(O)C(N)=O)C2CC2)cc1. The molecule has 0 aliphatic heterocycles. The van der Waals surface area contributed by atoms with Crippen molar-refractivity contribution < 1.29 is 9.90 Å². The van der Waals surface area contributed by atoms with Gasteiger partial charge < -0.3 is 16.2 Å². The maximum Gasteiger partial charge on any atom is 0.247 e. The molecule has 1 aromatic carbocycles. The van der Waals surface area contributed by atoms with E-state index in [1.807, 2.05) is 0 Å². The fourth-order valence-corrected chi connectivity index (χ4v) is 2.10. The number of nitrogens with one attached hydrogen (secondary N) is 1. The summed E-state index contributed by atoms with van der Waals surface area (Å²) in [6.45, 7) is 2.27. The van der Waals surface area contributed by atoms with Crippen LogP contribution in [0.3, 0.4) is 0 Å². The van der Waals surface area contributed by atoms with Gasteiger partial charge in [0.05, 0.1) is 0 Å². The molecule has 1 fully saturated rings. The van der Waals surface area contributed by atoms with Crippen molar-refractivity contribution in [3.05, 3.63) is 35.4 Å². The number of primary amides is 1. The van der Waals surface area contributed by atoms with Gasteiger partial charge in [-0.1, -0.05) is 29.8 Å². The fourth-order valence-electron chi connectivity index (χ4n) is 2.10. The summed E-state index contributed by atoms with van der Waals surface area (Å²) in [5.41, 5.74) is 7.48. The van der Waals surface area contributed by atoms with Gasteiger partial charge in [0.15, 0.2) is 0 Å². The summed E-state index contributed by atoms with van der Waals surface area (Å²) in [5.74, 6) is -0.0752.